The first-order valence-electron chi connectivity index (χ1n) is 5.84. The Kier molecular flexibility index (Phi) is 7.16. The molecule has 112 valence electrons. The summed E-state index contributed by atoms with van der Waals surface area (Å²) in [6.45, 7) is 7.25. The van der Waals surface area contributed by atoms with Crippen LogP contribution in [0.3, 0.4) is 0 Å². The van der Waals surface area contributed by atoms with Gasteiger partial charge in [-0.15, -0.1) is 13.2 Å². The Morgan fingerprint density at radius 3 is 2.10 bits per heavy atom. The lowest BCUT2D eigenvalue weighted by molar-refractivity contribution is -0.139. The van der Waals surface area contributed by atoms with Gasteiger partial charge < -0.3 is 5.11 Å². The molecule has 0 spiro atoms. The van der Waals surface area contributed by atoms with Crippen LogP contribution >= 0.6 is 15.9 Å². The number of hydrogen-bond acceptors (Lipinski definition) is 3. The van der Waals surface area contributed by atoms with Crippen LogP contribution in [0.15, 0.2) is 41.9 Å². The molecule has 0 radical (unpaired) electrons. The van der Waals surface area contributed by atoms with Gasteiger partial charge in [0.1, 0.15) is 0 Å². The van der Waals surface area contributed by atoms with Crippen molar-refractivity contribution in [2.45, 2.75) is 24.5 Å². The fraction of sp³-hybridized carbons (Fsp3) is 0.357. The molecule has 1 aromatic rings. The minimum absolute atomic E-state index is 0.0583. The number of benzene rings is 1. The van der Waals surface area contributed by atoms with Gasteiger partial charge in [-0.1, -0.05) is 28.1 Å². The Morgan fingerprint density at radius 1 is 1.30 bits per heavy atom. The van der Waals surface area contributed by atoms with E-state index in [4.69, 9.17) is 5.11 Å². The smallest absolute Gasteiger partial charge is 0.324 e. The highest BCUT2D eigenvalue weighted by molar-refractivity contribution is 9.10. The number of hydrogen-bond donors (Lipinski definition) is 1. The standard InChI is InChI=1S/C12H15BrO4S.C2H4/c1-12(11(14)15,18(2,16)17)8-7-9-3-5-10(13)6-4-9;1-2/h3-6H,7-8H2,1-2H3,(H,14,15);1-2H2. The summed E-state index contributed by atoms with van der Waals surface area (Å²) in [4.78, 5) is 11.2. The molecule has 20 heavy (non-hydrogen) atoms. The van der Waals surface area contributed by atoms with Crippen LogP contribution in [0.25, 0.3) is 0 Å². The molecule has 0 aliphatic carbocycles. The fourth-order valence-electron chi connectivity index (χ4n) is 1.48. The average Bonchev–Trinajstić information content (AvgIpc) is 2.38. The number of rotatable bonds is 5. The van der Waals surface area contributed by atoms with E-state index in [9.17, 15) is 13.2 Å². The third-order valence-electron chi connectivity index (χ3n) is 3.07. The molecule has 4 nitrogen and oxygen atoms in total. The second kappa shape index (κ2) is 7.59. The Balaban J connectivity index is 0.00000172. The molecule has 1 unspecified atom stereocenters. The molecule has 1 atom stereocenters. The summed E-state index contributed by atoms with van der Waals surface area (Å²) in [6.07, 6.45) is 1.43. The van der Waals surface area contributed by atoms with Crippen molar-refractivity contribution in [1.82, 2.24) is 0 Å². The van der Waals surface area contributed by atoms with E-state index in [0.717, 1.165) is 16.3 Å². The van der Waals surface area contributed by atoms with Crippen molar-refractivity contribution in [2.75, 3.05) is 6.26 Å². The predicted molar refractivity (Wildman–Crippen MR) is 84.6 cm³/mol. The first kappa shape index (κ1) is 18.9. The topological polar surface area (TPSA) is 71.4 Å². The summed E-state index contributed by atoms with van der Waals surface area (Å²) in [5.74, 6) is -1.30. The van der Waals surface area contributed by atoms with Gasteiger partial charge >= 0.3 is 5.97 Å². The van der Waals surface area contributed by atoms with Gasteiger partial charge in [0.05, 0.1) is 0 Å². The highest BCUT2D eigenvalue weighted by Gasteiger charge is 2.43. The van der Waals surface area contributed by atoms with Gasteiger partial charge in [-0.2, -0.15) is 0 Å². The van der Waals surface area contributed by atoms with E-state index in [0.29, 0.717) is 6.42 Å². The SMILES string of the molecule is C=C.CC(CCc1ccc(Br)cc1)(C(=O)O)S(C)(=O)=O. The summed E-state index contributed by atoms with van der Waals surface area (Å²) in [6, 6.07) is 7.37. The molecule has 1 N–H and O–H groups in total. The van der Waals surface area contributed by atoms with Gasteiger partial charge in [0.25, 0.3) is 0 Å². The summed E-state index contributed by atoms with van der Waals surface area (Å²) in [5, 5.41) is 9.10. The van der Waals surface area contributed by atoms with E-state index in [1.165, 1.54) is 6.92 Å². The van der Waals surface area contributed by atoms with Crippen LogP contribution in [0.4, 0.5) is 0 Å². The van der Waals surface area contributed by atoms with Crippen molar-refractivity contribution < 1.29 is 18.3 Å². The first-order valence-corrected chi connectivity index (χ1v) is 8.53. The van der Waals surface area contributed by atoms with E-state index in [2.05, 4.69) is 29.1 Å². The van der Waals surface area contributed by atoms with Crippen molar-refractivity contribution in [3.05, 3.63) is 47.5 Å². The van der Waals surface area contributed by atoms with Crippen molar-refractivity contribution >= 4 is 31.7 Å². The predicted octanol–water partition coefficient (Wildman–Crippen LogP) is 3.07. The number of carboxylic acids is 1. The number of carbonyl (C=O) groups is 1. The Labute approximate surface area is 128 Å². The minimum Gasteiger partial charge on any atom is -0.480 e. The highest BCUT2D eigenvalue weighted by atomic mass is 79.9. The summed E-state index contributed by atoms with van der Waals surface area (Å²) >= 11 is 3.30. The van der Waals surface area contributed by atoms with Crippen molar-refractivity contribution in [1.29, 1.82) is 0 Å². The number of aliphatic carboxylic acids is 1. The summed E-state index contributed by atoms with van der Waals surface area (Å²) in [7, 11) is -3.65. The first-order chi connectivity index (χ1) is 9.17. The van der Waals surface area contributed by atoms with Gasteiger partial charge in [-0.3, -0.25) is 4.79 Å². The molecule has 0 aliphatic rings. The maximum atomic E-state index is 11.6. The lowest BCUT2D eigenvalue weighted by Gasteiger charge is -2.22. The molecule has 1 rings (SSSR count). The zero-order valence-corrected chi connectivity index (χ0v) is 14.0. The van der Waals surface area contributed by atoms with E-state index >= 15 is 0 Å². The number of aryl methyl sites for hydroxylation is 1. The van der Waals surface area contributed by atoms with Gasteiger partial charge in [-0.05, 0) is 37.5 Å². The van der Waals surface area contributed by atoms with Crippen molar-refractivity contribution in [2.24, 2.45) is 0 Å². The Bertz CT molecular complexity index is 551. The van der Waals surface area contributed by atoms with Crippen LogP contribution in [0, 0.1) is 0 Å². The maximum absolute atomic E-state index is 11.6. The van der Waals surface area contributed by atoms with Crippen LogP contribution in [0.5, 0.6) is 0 Å². The molecule has 0 saturated carbocycles. The van der Waals surface area contributed by atoms with Crippen LogP contribution < -0.4 is 0 Å². The van der Waals surface area contributed by atoms with Crippen molar-refractivity contribution in [3.63, 3.8) is 0 Å². The monoisotopic (exact) mass is 362 g/mol. The van der Waals surface area contributed by atoms with E-state index in [1.54, 1.807) is 0 Å². The van der Waals surface area contributed by atoms with E-state index < -0.39 is 20.6 Å². The lowest BCUT2D eigenvalue weighted by atomic mass is 10.0. The van der Waals surface area contributed by atoms with Gasteiger partial charge in [0, 0.05) is 10.7 Å². The molecular formula is C14H19BrO4S. The summed E-state index contributed by atoms with van der Waals surface area (Å²) in [5.41, 5.74) is 0.911. The molecule has 0 fully saturated rings. The largest absolute Gasteiger partial charge is 0.480 e. The zero-order chi connectivity index (χ0) is 16.0. The quantitative estimate of drug-likeness (QED) is 0.817. The van der Waals surface area contributed by atoms with Gasteiger partial charge in [0.2, 0.25) is 0 Å². The van der Waals surface area contributed by atoms with E-state index in [-0.39, 0.29) is 6.42 Å². The molecule has 0 heterocycles. The van der Waals surface area contributed by atoms with Gasteiger partial charge in [0.15, 0.2) is 14.6 Å². The van der Waals surface area contributed by atoms with Crippen LogP contribution in [0.2, 0.25) is 0 Å². The molecule has 0 aliphatic heterocycles. The van der Waals surface area contributed by atoms with Crippen molar-refractivity contribution in [3.8, 4) is 0 Å². The third-order valence-corrected chi connectivity index (χ3v) is 5.62. The van der Waals surface area contributed by atoms with Crippen LogP contribution in [-0.2, 0) is 21.1 Å². The Hall–Kier alpha value is -1.14. The molecule has 1 aromatic carbocycles. The number of halogens is 1. The fourth-order valence-corrected chi connectivity index (χ4v) is 2.54. The molecular weight excluding hydrogens is 344 g/mol. The van der Waals surface area contributed by atoms with Gasteiger partial charge in [-0.25, -0.2) is 8.42 Å². The molecule has 0 saturated heterocycles. The number of sulfone groups is 1. The second-order valence-electron chi connectivity index (χ2n) is 4.43. The molecule has 0 amide bonds. The van der Waals surface area contributed by atoms with Crippen LogP contribution in [-0.4, -0.2) is 30.5 Å². The normalized spacial score (nSPS) is 13.8. The van der Waals surface area contributed by atoms with E-state index in [1.807, 2.05) is 24.3 Å². The minimum atomic E-state index is -3.65. The molecule has 6 heteroatoms. The second-order valence-corrected chi connectivity index (χ2v) is 7.80. The Morgan fingerprint density at radius 2 is 1.75 bits per heavy atom. The highest BCUT2D eigenvalue weighted by Crippen LogP contribution is 2.24. The third kappa shape index (κ3) is 4.76. The zero-order valence-electron chi connectivity index (χ0n) is 11.6. The lowest BCUT2D eigenvalue weighted by Crippen LogP contribution is -2.43. The maximum Gasteiger partial charge on any atom is 0.324 e. The molecule has 0 bridgehead atoms. The average molecular weight is 363 g/mol. The summed E-state index contributed by atoms with van der Waals surface area (Å²) < 4.78 is 22.4. The van der Waals surface area contributed by atoms with Crippen LogP contribution in [0.1, 0.15) is 18.9 Å². The molecule has 0 aromatic heterocycles. The number of carboxylic acid groups (broad SMARTS) is 1.